The third-order valence-corrected chi connectivity index (χ3v) is 2.56. The Morgan fingerprint density at radius 2 is 2.05 bits per heavy atom. The van der Waals surface area contributed by atoms with Gasteiger partial charge in [-0.05, 0) is 17.7 Å². The topological polar surface area (TPSA) is 73.2 Å². The van der Waals surface area contributed by atoms with Gasteiger partial charge in [0.1, 0.15) is 6.33 Å². The number of hydrogen-bond donors (Lipinski definition) is 1. The van der Waals surface area contributed by atoms with E-state index in [0.717, 1.165) is 5.56 Å². The van der Waals surface area contributed by atoms with E-state index >= 15 is 0 Å². The highest BCUT2D eigenvalue weighted by atomic mass is 16.5. The van der Waals surface area contributed by atoms with E-state index in [9.17, 15) is 9.59 Å². The molecule has 0 unspecified atom stereocenters. The fourth-order valence-electron chi connectivity index (χ4n) is 1.52. The van der Waals surface area contributed by atoms with Gasteiger partial charge in [0.05, 0.1) is 12.7 Å². The van der Waals surface area contributed by atoms with Gasteiger partial charge in [0.25, 0.3) is 0 Å². The molecule has 98 valence electrons. The third-order valence-electron chi connectivity index (χ3n) is 2.56. The van der Waals surface area contributed by atoms with E-state index < -0.39 is 0 Å². The van der Waals surface area contributed by atoms with Crippen LogP contribution in [0.2, 0.25) is 0 Å². The summed E-state index contributed by atoms with van der Waals surface area (Å²) in [5, 5.41) is 2.73. The third kappa shape index (κ3) is 3.19. The molecule has 1 aromatic carbocycles. The summed E-state index contributed by atoms with van der Waals surface area (Å²) in [4.78, 5) is 26.7. The number of nitrogens with zero attached hydrogens (tertiary/aromatic N) is 2. The number of imidazole rings is 1. The number of esters is 1. The van der Waals surface area contributed by atoms with Crippen molar-refractivity contribution < 1.29 is 14.3 Å². The van der Waals surface area contributed by atoms with Crippen molar-refractivity contribution in [2.45, 2.75) is 6.54 Å². The van der Waals surface area contributed by atoms with Gasteiger partial charge < -0.3 is 10.1 Å². The van der Waals surface area contributed by atoms with E-state index in [1.54, 1.807) is 30.5 Å². The summed E-state index contributed by atoms with van der Waals surface area (Å²) < 4.78 is 5.95. The molecule has 1 amide bonds. The van der Waals surface area contributed by atoms with Crippen molar-refractivity contribution in [3.63, 3.8) is 0 Å². The fourth-order valence-corrected chi connectivity index (χ4v) is 1.52. The molecule has 2 rings (SSSR count). The molecule has 0 radical (unpaired) electrons. The molecular formula is C13H13N3O3. The zero-order valence-corrected chi connectivity index (χ0v) is 10.4. The monoisotopic (exact) mass is 259 g/mol. The number of amides is 1. The van der Waals surface area contributed by atoms with Crippen LogP contribution >= 0.6 is 0 Å². The second-order valence-corrected chi connectivity index (χ2v) is 3.82. The van der Waals surface area contributed by atoms with Crippen molar-refractivity contribution in [3.8, 4) is 0 Å². The molecule has 6 heteroatoms. The average molecular weight is 259 g/mol. The van der Waals surface area contributed by atoms with E-state index in [0.29, 0.717) is 12.1 Å². The van der Waals surface area contributed by atoms with E-state index in [-0.39, 0.29) is 12.0 Å². The molecule has 19 heavy (non-hydrogen) atoms. The molecular weight excluding hydrogens is 246 g/mol. The molecule has 0 bridgehead atoms. The van der Waals surface area contributed by atoms with E-state index in [1.807, 2.05) is 0 Å². The van der Waals surface area contributed by atoms with Gasteiger partial charge in [-0.1, -0.05) is 12.1 Å². The molecule has 0 aliphatic carbocycles. The number of ether oxygens (including phenoxy) is 1. The highest BCUT2D eigenvalue weighted by molar-refractivity contribution is 5.89. The number of methoxy groups -OCH3 is 1. The summed E-state index contributed by atoms with van der Waals surface area (Å²) in [5.74, 6) is -0.381. The summed E-state index contributed by atoms with van der Waals surface area (Å²) >= 11 is 0. The summed E-state index contributed by atoms with van der Waals surface area (Å²) in [6.07, 6.45) is 4.52. The van der Waals surface area contributed by atoms with Gasteiger partial charge in [0.2, 0.25) is 0 Å². The van der Waals surface area contributed by atoms with Gasteiger partial charge in [0, 0.05) is 18.9 Å². The number of benzene rings is 1. The fraction of sp³-hybridized carbons (Fsp3) is 0.154. The van der Waals surface area contributed by atoms with Crippen LogP contribution in [0.4, 0.5) is 4.79 Å². The van der Waals surface area contributed by atoms with Crippen molar-refractivity contribution in [2.75, 3.05) is 7.11 Å². The second-order valence-electron chi connectivity index (χ2n) is 3.82. The predicted octanol–water partition coefficient (Wildman–Crippen LogP) is 1.43. The van der Waals surface area contributed by atoms with Gasteiger partial charge in [-0.25, -0.2) is 14.6 Å². The first kappa shape index (κ1) is 12.8. The molecule has 0 aliphatic rings. The molecule has 0 saturated heterocycles. The summed E-state index contributed by atoms with van der Waals surface area (Å²) in [6.45, 7) is 0.373. The first-order chi connectivity index (χ1) is 9.20. The standard InChI is InChI=1S/C13H13N3O3/c1-19-12(17)11-4-2-10(3-5-11)8-15-13(18)16-7-6-14-9-16/h2-7,9H,8H2,1H3,(H,15,18). The van der Waals surface area contributed by atoms with Crippen molar-refractivity contribution in [1.82, 2.24) is 14.9 Å². The van der Waals surface area contributed by atoms with Crippen LogP contribution in [0.1, 0.15) is 15.9 Å². The molecule has 6 nitrogen and oxygen atoms in total. The normalized spacial score (nSPS) is 9.95. The van der Waals surface area contributed by atoms with Crippen LogP contribution in [0.3, 0.4) is 0 Å². The van der Waals surface area contributed by atoms with Crippen molar-refractivity contribution in [2.24, 2.45) is 0 Å². The average Bonchev–Trinajstić information content (AvgIpc) is 2.98. The van der Waals surface area contributed by atoms with Crippen LogP contribution in [0, 0.1) is 0 Å². The number of rotatable bonds is 3. The SMILES string of the molecule is COC(=O)c1ccc(CNC(=O)n2ccnc2)cc1. The Bertz CT molecular complexity index is 561. The lowest BCUT2D eigenvalue weighted by Crippen LogP contribution is -2.26. The lowest BCUT2D eigenvalue weighted by molar-refractivity contribution is 0.0600. The van der Waals surface area contributed by atoms with Crippen molar-refractivity contribution in [1.29, 1.82) is 0 Å². The zero-order valence-electron chi connectivity index (χ0n) is 10.4. The number of carbonyl (C=O) groups is 2. The molecule has 0 atom stereocenters. The van der Waals surface area contributed by atoms with Gasteiger partial charge in [-0.15, -0.1) is 0 Å². The van der Waals surface area contributed by atoms with E-state index in [4.69, 9.17) is 0 Å². The van der Waals surface area contributed by atoms with E-state index in [1.165, 1.54) is 24.2 Å². The Balaban J connectivity index is 1.93. The predicted molar refractivity (Wildman–Crippen MR) is 67.6 cm³/mol. The number of carbonyl (C=O) groups excluding carboxylic acids is 2. The molecule has 1 heterocycles. The quantitative estimate of drug-likeness (QED) is 0.846. The van der Waals surface area contributed by atoms with Crippen LogP contribution in [-0.4, -0.2) is 28.7 Å². The molecule has 0 fully saturated rings. The molecule has 0 aliphatic heterocycles. The minimum absolute atomic E-state index is 0.255. The molecule has 0 saturated carbocycles. The second kappa shape index (κ2) is 5.81. The van der Waals surface area contributed by atoms with Gasteiger partial charge in [-0.2, -0.15) is 0 Å². The Hall–Kier alpha value is -2.63. The number of aromatic nitrogens is 2. The highest BCUT2D eigenvalue weighted by Gasteiger charge is 2.05. The maximum absolute atomic E-state index is 11.6. The Morgan fingerprint density at radius 3 is 2.63 bits per heavy atom. The van der Waals surface area contributed by atoms with Crippen LogP contribution in [0.5, 0.6) is 0 Å². The minimum atomic E-state index is -0.381. The lowest BCUT2D eigenvalue weighted by atomic mass is 10.1. The lowest BCUT2D eigenvalue weighted by Gasteiger charge is -2.06. The van der Waals surface area contributed by atoms with Crippen molar-refractivity contribution in [3.05, 3.63) is 54.1 Å². The summed E-state index contributed by atoms with van der Waals surface area (Å²) in [6, 6.07) is 6.59. The molecule has 0 spiro atoms. The Labute approximate surface area is 110 Å². The van der Waals surface area contributed by atoms with Crippen molar-refractivity contribution >= 4 is 12.0 Å². The van der Waals surface area contributed by atoms with Crippen LogP contribution < -0.4 is 5.32 Å². The largest absolute Gasteiger partial charge is 0.465 e. The zero-order chi connectivity index (χ0) is 13.7. The molecule has 2 aromatic rings. The molecule has 1 aromatic heterocycles. The molecule has 1 N–H and O–H groups in total. The minimum Gasteiger partial charge on any atom is -0.465 e. The van der Waals surface area contributed by atoms with Gasteiger partial charge in [0.15, 0.2) is 0 Å². The number of hydrogen-bond acceptors (Lipinski definition) is 4. The van der Waals surface area contributed by atoms with Gasteiger partial charge in [-0.3, -0.25) is 4.57 Å². The highest BCUT2D eigenvalue weighted by Crippen LogP contribution is 2.05. The Kier molecular flexibility index (Phi) is 3.92. The van der Waals surface area contributed by atoms with Crippen LogP contribution in [0.15, 0.2) is 43.0 Å². The maximum atomic E-state index is 11.6. The Morgan fingerprint density at radius 1 is 1.32 bits per heavy atom. The number of nitrogens with one attached hydrogen (secondary N) is 1. The smallest absolute Gasteiger partial charge is 0.337 e. The van der Waals surface area contributed by atoms with E-state index in [2.05, 4.69) is 15.0 Å². The van der Waals surface area contributed by atoms with Gasteiger partial charge >= 0.3 is 12.0 Å². The summed E-state index contributed by atoms with van der Waals surface area (Å²) in [7, 11) is 1.33. The first-order valence-electron chi connectivity index (χ1n) is 5.64. The van der Waals surface area contributed by atoms with Crippen LogP contribution in [-0.2, 0) is 11.3 Å². The van der Waals surface area contributed by atoms with Crippen LogP contribution in [0.25, 0.3) is 0 Å². The first-order valence-corrected chi connectivity index (χ1v) is 5.64. The summed E-state index contributed by atoms with van der Waals surface area (Å²) in [5.41, 5.74) is 1.37. The maximum Gasteiger partial charge on any atom is 0.337 e.